The van der Waals surface area contributed by atoms with Crippen molar-refractivity contribution in [1.29, 1.82) is 0 Å². The third-order valence-electron chi connectivity index (χ3n) is 3.12. The van der Waals surface area contributed by atoms with Crippen molar-refractivity contribution in [3.8, 4) is 22.9 Å². The zero-order valence-electron chi connectivity index (χ0n) is 11.2. The zero-order chi connectivity index (χ0) is 14.1. The third-order valence-corrected chi connectivity index (χ3v) is 4.26. The molecule has 1 aliphatic rings. The molecule has 0 saturated heterocycles. The number of nitrogens with zero attached hydrogens (tertiary/aromatic N) is 2. The van der Waals surface area contributed by atoms with Crippen LogP contribution in [-0.4, -0.2) is 23.8 Å². The van der Waals surface area contributed by atoms with Crippen molar-refractivity contribution in [2.24, 2.45) is 0 Å². The van der Waals surface area contributed by atoms with Gasteiger partial charge in [-0.1, -0.05) is 6.92 Å². The first kappa shape index (κ1) is 13.4. The predicted molar refractivity (Wildman–Crippen MR) is 85.2 cm³/mol. The highest BCUT2D eigenvalue weighted by Gasteiger charge is 2.16. The van der Waals surface area contributed by atoms with Gasteiger partial charge in [-0.3, -0.25) is 0 Å². The average Bonchev–Trinajstić information content (AvgIpc) is 2.95. The molecule has 1 aliphatic heterocycles. The van der Waals surface area contributed by atoms with Crippen LogP contribution in [0.1, 0.15) is 12.6 Å². The van der Waals surface area contributed by atoms with Crippen molar-refractivity contribution in [2.75, 3.05) is 19.2 Å². The van der Waals surface area contributed by atoms with Crippen LogP contribution < -0.4 is 14.8 Å². The molecule has 0 amide bonds. The molecule has 0 bridgehead atoms. The van der Waals surface area contributed by atoms with E-state index in [1.54, 1.807) is 0 Å². The Kier molecular flexibility index (Phi) is 3.64. The van der Waals surface area contributed by atoms with Crippen LogP contribution in [0.25, 0.3) is 11.4 Å². The van der Waals surface area contributed by atoms with Gasteiger partial charge in [0.15, 0.2) is 17.3 Å². The highest BCUT2D eigenvalue weighted by Crippen LogP contribution is 2.35. The summed E-state index contributed by atoms with van der Waals surface area (Å²) in [5.74, 6) is 3.06. The van der Waals surface area contributed by atoms with Gasteiger partial charge in [-0.15, -0.1) is 0 Å². The predicted octanol–water partition coefficient (Wildman–Crippen LogP) is 3.08. The van der Waals surface area contributed by atoms with Crippen LogP contribution in [-0.2, 0) is 6.42 Å². The van der Waals surface area contributed by atoms with Gasteiger partial charge in [-0.25, -0.2) is 9.97 Å². The van der Waals surface area contributed by atoms with Crippen LogP contribution in [0.15, 0.2) is 18.2 Å². The smallest absolute Gasteiger partial charge is 0.231 e. The molecule has 0 atom stereocenters. The van der Waals surface area contributed by atoms with Crippen molar-refractivity contribution in [3.05, 3.63) is 27.5 Å². The summed E-state index contributed by atoms with van der Waals surface area (Å²) >= 11 is 2.27. The minimum absolute atomic E-state index is 0.272. The Bertz CT molecular complexity index is 636. The molecular weight excluding hydrogens is 369 g/mol. The number of hydrogen-bond donors (Lipinski definition) is 1. The summed E-state index contributed by atoms with van der Waals surface area (Å²) in [4.78, 5) is 9.21. The molecule has 5 nitrogen and oxygen atoms in total. The maximum Gasteiger partial charge on any atom is 0.231 e. The van der Waals surface area contributed by atoms with Crippen LogP contribution in [0.2, 0.25) is 0 Å². The van der Waals surface area contributed by atoms with Gasteiger partial charge >= 0.3 is 0 Å². The van der Waals surface area contributed by atoms with E-state index >= 15 is 0 Å². The van der Waals surface area contributed by atoms with Crippen molar-refractivity contribution >= 4 is 28.4 Å². The Morgan fingerprint density at radius 2 is 2.05 bits per heavy atom. The van der Waals surface area contributed by atoms with E-state index in [9.17, 15) is 0 Å². The van der Waals surface area contributed by atoms with Crippen LogP contribution >= 0.6 is 22.6 Å². The summed E-state index contributed by atoms with van der Waals surface area (Å²) in [6.07, 6.45) is 0.868. The molecule has 20 heavy (non-hydrogen) atoms. The maximum absolute atomic E-state index is 5.40. The third kappa shape index (κ3) is 2.28. The number of rotatable bonds is 3. The molecule has 0 saturated carbocycles. The summed E-state index contributed by atoms with van der Waals surface area (Å²) in [6.45, 7) is 2.36. The molecule has 1 aromatic heterocycles. The lowest BCUT2D eigenvalue weighted by atomic mass is 10.2. The fourth-order valence-corrected chi connectivity index (χ4v) is 2.95. The second-order valence-electron chi connectivity index (χ2n) is 4.33. The van der Waals surface area contributed by atoms with Crippen LogP contribution in [0, 0.1) is 3.57 Å². The molecule has 2 aromatic rings. The molecule has 0 radical (unpaired) electrons. The normalized spacial score (nSPS) is 12.6. The molecule has 0 fully saturated rings. The molecule has 1 N–H and O–H groups in total. The molecular formula is C14H14IN3O2. The van der Waals surface area contributed by atoms with E-state index in [2.05, 4.69) is 44.8 Å². The van der Waals surface area contributed by atoms with Gasteiger partial charge in [0, 0.05) is 12.6 Å². The summed E-state index contributed by atoms with van der Waals surface area (Å²) in [6, 6.07) is 5.77. The lowest BCUT2D eigenvalue weighted by Gasteiger charge is -2.10. The summed E-state index contributed by atoms with van der Waals surface area (Å²) in [5.41, 5.74) is 1.97. The first-order chi connectivity index (χ1) is 9.72. The molecule has 0 aliphatic carbocycles. The quantitative estimate of drug-likeness (QED) is 0.826. The van der Waals surface area contributed by atoms with Gasteiger partial charge in [-0.05, 0) is 47.2 Å². The van der Waals surface area contributed by atoms with E-state index in [0.29, 0.717) is 5.82 Å². The van der Waals surface area contributed by atoms with Gasteiger partial charge in [0.05, 0.1) is 9.26 Å². The molecule has 6 heteroatoms. The van der Waals surface area contributed by atoms with Crippen molar-refractivity contribution < 1.29 is 9.47 Å². The number of halogens is 1. The first-order valence-electron chi connectivity index (χ1n) is 6.37. The second kappa shape index (κ2) is 5.43. The van der Waals surface area contributed by atoms with Crippen molar-refractivity contribution in [3.63, 3.8) is 0 Å². The number of anilines is 1. The monoisotopic (exact) mass is 383 g/mol. The lowest BCUT2D eigenvalue weighted by Crippen LogP contribution is -2.04. The van der Waals surface area contributed by atoms with E-state index in [1.807, 2.05) is 25.2 Å². The number of nitrogens with one attached hydrogen (secondary N) is 1. The standard InChI is InChI=1S/C14H14IN3O2/c1-3-9-12(15)14(16-2)18-13(17-9)8-4-5-10-11(6-8)20-7-19-10/h4-6H,3,7H2,1-2H3,(H,16,17,18). The topological polar surface area (TPSA) is 56.3 Å². The highest BCUT2D eigenvalue weighted by molar-refractivity contribution is 14.1. The fourth-order valence-electron chi connectivity index (χ4n) is 2.06. The van der Waals surface area contributed by atoms with Gasteiger partial charge in [0.1, 0.15) is 5.82 Å². The van der Waals surface area contributed by atoms with Crippen LogP contribution in [0.3, 0.4) is 0 Å². The lowest BCUT2D eigenvalue weighted by molar-refractivity contribution is 0.174. The van der Waals surface area contributed by atoms with Crippen molar-refractivity contribution in [2.45, 2.75) is 13.3 Å². The van der Waals surface area contributed by atoms with E-state index in [-0.39, 0.29) is 6.79 Å². The van der Waals surface area contributed by atoms with Gasteiger partial charge in [0.25, 0.3) is 0 Å². The molecule has 3 rings (SSSR count). The maximum atomic E-state index is 5.40. The molecule has 2 heterocycles. The first-order valence-corrected chi connectivity index (χ1v) is 7.45. The largest absolute Gasteiger partial charge is 0.454 e. The van der Waals surface area contributed by atoms with E-state index < -0.39 is 0 Å². The minimum Gasteiger partial charge on any atom is -0.454 e. The van der Waals surface area contributed by atoms with Crippen LogP contribution in [0.5, 0.6) is 11.5 Å². The Balaban J connectivity index is 2.09. The average molecular weight is 383 g/mol. The second-order valence-corrected chi connectivity index (χ2v) is 5.41. The summed E-state index contributed by atoms with van der Waals surface area (Å²) in [7, 11) is 1.87. The van der Waals surface area contributed by atoms with E-state index in [4.69, 9.17) is 9.47 Å². The van der Waals surface area contributed by atoms with E-state index in [0.717, 1.165) is 38.6 Å². The number of fused-ring (bicyclic) bond motifs is 1. The number of aromatic nitrogens is 2. The number of benzene rings is 1. The fraction of sp³-hybridized carbons (Fsp3) is 0.286. The Morgan fingerprint density at radius 1 is 1.25 bits per heavy atom. The molecule has 0 spiro atoms. The number of aryl methyl sites for hydroxylation is 1. The van der Waals surface area contributed by atoms with Gasteiger partial charge in [0.2, 0.25) is 6.79 Å². The van der Waals surface area contributed by atoms with Gasteiger partial charge < -0.3 is 14.8 Å². The SMILES string of the molecule is CCc1nc(-c2ccc3c(c2)OCO3)nc(NC)c1I. The molecule has 1 aromatic carbocycles. The minimum atomic E-state index is 0.272. The number of hydrogen-bond acceptors (Lipinski definition) is 5. The molecule has 0 unspecified atom stereocenters. The summed E-state index contributed by atoms with van der Waals surface area (Å²) in [5, 5.41) is 3.12. The Morgan fingerprint density at radius 3 is 2.80 bits per heavy atom. The summed E-state index contributed by atoms with van der Waals surface area (Å²) < 4.78 is 11.8. The Hall–Kier alpha value is -1.57. The molecule has 104 valence electrons. The van der Waals surface area contributed by atoms with Crippen molar-refractivity contribution in [1.82, 2.24) is 9.97 Å². The number of ether oxygens (including phenoxy) is 2. The Labute approximate surface area is 130 Å². The highest BCUT2D eigenvalue weighted by atomic mass is 127. The van der Waals surface area contributed by atoms with E-state index in [1.165, 1.54) is 0 Å². The van der Waals surface area contributed by atoms with Gasteiger partial charge in [-0.2, -0.15) is 0 Å². The van der Waals surface area contributed by atoms with Crippen LogP contribution in [0.4, 0.5) is 5.82 Å². The zero-order valence-corrected chi connectivity index (χ0v) is 13.4.